The molecule has 1 atom stereocenters. The van der Waals surface area contributed by atoms with E-state index in [1.54, 1.807) is 0 Å². The molecule has 1 saturated heterocycles. The Kier molecular flexibility index (Phi) is 8.70. The van der Waals surface area contributed by atoms with Gasteiger partial charge in [0.25, 0.3) is 0 Å². The molecule has 128 valence electrons. The Balaban J connectivity index is 0.000000253. The molecule has 1 fully saturated rings. The molecule has 0 unspecified atom stereocenters. The second-order valence-electron chi connectivity index (χ2n) is 6.04. The van der Waals surface area contributed by atoms with E-state index in [0.29, 0.717) is 6.07 Å². The summed E-state index contributed by atoms with van der Waals surface area (Å²) >= 11 is 0. The zero-order valence-corrected chi connectivity index (χ0v) is 14.2. The lowest BCUT2D eigenvalue weighted by atomic mass is 10.2. The zero-order valence-electron chi connectivity index (χ0n) is 14.2. The predicted octanol–water partition coefficient (Wildman–Crippen LogP) is 5.34. The van der Waals surface area contributed by atoms with E-state index in [4.69, 9.17) is 0 Å². The summed E-state index contributed by atoms with van der Waals surface area (Å²) in [6.07, 6.45) is 9.13. The predicted molar refractivity (Wildman–Crippen MR) is 89.7 cm³/mol. The van der Waals surface area contributed by atoms with Crippen LogP contribution in [0.1, 0.15) is 33.6 Å². The van der Waals surface area contributed by atoms with Gasteiger partial charge in [0.1, 0.15) is 5.82 Å². The van der Waals surface area contributed by atoms with Gasteiger partial charge in [0, 0.05) is 19.2 Å². The smallest absolute Gasteiger partial charge is 0.161 e. The highest BCUT2D eigenvalue weighted by molar-refractivity contribution is 5.12. The molecule has 0 amide bonds. The van der Waals surface area contributed by atoms with Crippen LogP contribution in [0.25, 0.3) is 0 Å². The van der Waals surface area contributed by atoms with Crippen LogP contribution in [0.15, 0.2) is 42.0 Å². The maximum atomic E-state index is 12.0. The molecule has 0 spiro atoms. The SMILES string of the molecule is CC/C=C\C=C(/C)CN1CC[C@@H](C)C1.Fc1ccc(F)c(F)c1. The van der Waals surface area contributed by atoms with Crippen molar-refractivity contribution in [3.05, 3.63) is 59.5 Å². The standard InChI is InChI=1S/C13H23N.C6H3F3/c1-4-5-6-7-12(2)10-14-9-8-13(3)11-14;7-4-1-2-5(8)6(9)3-4/h5-7,13H,4,8-11H2,1-3H3;1-3H/b6-5-,12-7+;/t13-;/m1./s1. The first kappa shape index (κ1) is 19.5. The Labute approximate surface area is 137 Å². The molecule has 4 heteroatoms. The summed E-state index contributed by atoms with van der Waals surface area (Å²) in [5.74, 6) is -2.06. The number of rotatable bonds is 4. The van der Waals surface area contributed by atoms with E-state index in [2.05, 4.69) is 43.9 Å². The molecule has 1 aliphatic rings. The first-order valence-corrected chi connectivity index (χ1v) is 8.07. The lowest BCUT2D eigenvalue weighted by Gasteiger charge is -2.14. The van der Waals surface area contributed by atoms with E-state index in [1.807, 2.05) is 0 Å². The number of hydrogen-bond acceptors (Lipinski definition) is 1. The second-order valence-corrected chi connectivity index (χ2v) is 6.04. The van der Waals surface area contributed by atoms with Crippen LogP contribution in [-0.2, 0) is 0 Å². The van der Waals surface area contributed by atoms with E-state index in [9.17, 15) is 13.2 Å². The van der Waals surface area contributed by atoms with Gasteiger partial charge in [-0.25, -0.2) is 13.2 Å². The average molecular weight is 325 g/mol. The van der Waals surface area contributed by atoms with Crippen molar-refractivity contribution in [1.82, 2.24) is 4.90 Å². The average Bonchev–Trinajstić information content (AvgIpc) is 2.89. The van der Waals surface area contributed by atoms with Crippen LogP contribution in [0, 0.1) is 23.4 Å². The lowest BCUT2D eigenvalue weighted by Crippen LogP contribution is -2.22. The molecule has 1 heterocycles. The van der Waals surface area contributed by atoms with E-state index >= 15 is 0 Å². The van der Waals surface area contributed by atoms with Crippen molar-refractivity contribution in [2.45, 2.75) is 33.6 Å². The Morgan fingerprint density at radius 3 is 2.52 bits per heavy atom. The van der Waals surface area contributed by atoms with Gasteiger partial charge < -0.3 is 0 Å². The Bertz CT molecular complexity index is 537. The normalized spacial score (nSPS) is 19.0. The quantitative estimate of drug-likeness (QED) is 0.533. The third kappa shape index (κ3) is 8.03. The topological polar surface area (TPSA) is 3.24 Å². The fourth-order valence-electron chi connectivity index (χ4n) is 2.41. The summed E-state index contributed by atoms with van der Waals surface area (Å²) in [6, 6.07) is 2.10. The third-order valence-corrected chi connectivity index (χ3v) is 3.62. The Morgan fingerprint density at radius 2 is 2.00 bits per heavy atom. The first-order chi connectivity index (χ1) is 10.9. The van der Waals surface area contributed by atoms with E-state index in [1.165, 1.54) is 25.1 Å². The summed E-state index contributed by atoms with van der Waals surface area (Å²) in [5.41, 5.74) is 1.48. The molecule has 0 N–H and O–H groups in total. The van der Waals surface area contributed by atoms with Crippen LogP contribution in [-0.4, -0.2) is 24.5 Å². The number of likely N-dealkylation sites (tertiary alicyclic amines) is 1. The summed E-state index contributed by atoms with van der Waals surface area (Å²) in [5, 5.41) is 0. The summed E-state index contributed by atoms with van der Waals surface area (Å²) < 4.78 is 35.9. The molecular weight excluding hydrogens is 299 g/mol. The van der Waals surface area contributed by atoms with Crippen molar-refractivity contribution in [3.63, 3.8) is 0 Å². The Hall–Kier alpha value is -1.55. The molecular formula is C19H26F3N. The van der Waals surface area contributed by atoms with Crippen molar-refractivity contribution in [2.24, 2.45) is 5.92 Å². The van der Waals surface area contributed by atoms with Crippen LogP contribution in [0.3, 0.4) is 0 Å². The minimum atomic E-state index is -1.16. The molecule has 1 aliphatic heterocycles. The molecule has 0 saturated carbocycles. The van der Waals surface area contributed by atoms with Gasteiger partial charge >= 0.3 is 0 Å². The van der Waals surface area contributed by atoms with Crippen LogP contribution in [0.4, 0.5) is 13.2 Å². The fourth-order valence-corrected chi connectivity index (χ4v) is 2.41. The van der Waals surface area contributed by atoms with Gasteiger partial charge in [-0.1, -0.05) is 37.6 Å². The maximum Gasteiger partial charge on any atom is 0.161 e. The second kappa shape index (κ2) is 10.3. The van der Waals surface area contributed by atoms with Gasteiger partial charge in [-0.15, -0.1) is 0 Å². The third-order valence-electron chi connectivity index (χ3n) is 3.62. The zero-order chi connectivity index (χ0) is 17.2. The largest absolute Gasteiger partial charge is 0.299 e. The molecule has 0 aliphatic carbocycles. The monoisotopic (exact) mass is 325 g/mol. The number of allylic oxidation sites excluding steroid dienone is 3. The number of hydrogen-bond donors (Lipinski definition) is 0. The molecule has 0 radical (unpaired) electrons. The van der Waals surface area contributed by atoms with E-state index in [-0.39, 0.29) is 0 Å². The van der Waals surface area contributed by atoms with Crippen molar-refractivity contribution in [3.8, 4) is 0 Å². The molecule has 1 aromatic carbocycles. The maximum absolute atomic E-state index is 12.0. The van der Waals surface area contributed by atoms with Gasteiger partial charge in [-0.05, 0) is 44.4 Å². The Morgan fingerprint density at radius 1 is 1.26 bits per heavy atom. The highest BCUT2D eigenvalue weighted by atomic mass is 19.2. The van der Waals surface area contributed by atoms with Gasteiger partial charge in [0.15, 0.2) is 11.6 Å². The number of halogens is 3. The van der Waals surface area contributed by atoms with E-state index < -0.39 is 17.5 Å². The number of nitrogens with zero attached hydrogens (tertiary/aromatic N) is 1. The highest BCUT2D eigenvalue weighted by Gasteiger charge is 2.17. The van der Waals surface area contributed by atoms with Gasteiger partial charge in [0.05, 0.1) is 0 Å². The molecule has 1 nitrogen and oxygen atoms in total. The van der Waals surface area contributed by atoms with Gasteiger partial charge in [-0.3, -0.25) is 4.90 Å². The first-order valence-electron chi connectivity index (χ1n) is 8.07. The summed E-state index contributed by atoms with van der Waals surface area (Å²) in [7, 11) is 0. The molecule has 2 rings (SSSR count). The van der Waals surface area contributed by atoms with Crippen LogP contribution in [0.2, 0.25) is 0 Å². The van der Waals surface area contributed by atoms with E-state index in [0.717, 1.165) is 31.0 Å². The molecule has 1 aromatic rings. The molecule has 0 aromatic heterocycles. The molecule has 0 bridgehead atoms. The van der Waals surface area contributed by atoms with Crippen molar-refractivity contribution >= 4 is 0 Å². The van der Waals surface area contributed by atoms with Crippen LogP contribution >= 0.6 is 0 Å². The minimum absolute atomic E-state index is 0.495. The van der Waals surface area contributed by atoms with Gasteiger partial charge in [0.2, 0.25) is 0 Å². The van der Waals surface area contributed by atoms with Crippen LogP contribution < -0.4 is 0 Å². The minimum Gasteiger partial charge on any atom is -0.299 e. The molecule has 23 heavy (non-hydrogen) atoms. The van der Waals surface area contributed by atoms with Crippen LogP contribution in [0.5, 0.6) is 0 Å². The number of benzene rings is 1. The summed E-state index contributed by atoms with van der Waals surface area (Å²) in [4.78, 5) is 2.55. The van der Waals surface area contributed by atoms with Crippen molar-refractivity contribution < 1.29 is 13.2 Å². The fraction of sp³-hybridized carbons (Fsp3) is 0.474. The van der Waals surface area contributed by atoms with Crippen molar-refractivity contribution in [1.29, 1.82) is 0 Å². The van der Waals surface area contributed by atoms with Crippen molar-refractivity contribution in [2.75, 3.05) is 19.6 Å². The highest BCUT2D eigenvalue weighted by Crippen LogP contribution is 2.15. The lowest BCUT2D eigenvalue weighted by molar-refractivity contribution is 0.356. The summed E-state index contributed by atoms with van der Waals surface area (Å²) in [6.45, 7) is 10.5. The van der Waals surface area contributed by atoms with Gasteiger partial charge in [-0.2, -0.15) is 0 Å².